The van der Waals surface area contributed by atoms with Gasteiger partial charge in [0.05, 0.1) is 28.4 Å². The topological polar surface area (TPSA) is 88.4 Å². The Kier molecular flexibility index (Phi) is 7.11. The van der Waals surface area contributed by atoms with Gasteiger partial charge in [0, 0.05) is 6.04 Å². The van der Waals surface area contributed by atoms with E-state index in [2.05, 4.69) is 10.0 Å². The van der Waals surface area contributed by atoms with Crippen molar-refractivity contribution >= 4 is 39.1 Å². The van der Waals surface area contributed by atoms with Crippen molar-refractivity contribution in [1.82, 2.24) is 10.0 Å². The van der Waals surface area contributed by atoms with E-state index in [9.17, 15) is 13.2 Å². The van der Waals surface area contributed by atoms with E-state index < -0.39 is 15.9 Å². The highest BCUT2D eigenvalue weighted by Crippen LogP contribution is 2.29. The van der Waals surface area contributed by atoms with Crippen molar-refractivity contribution in [3.8, 4) is 0 Å². The van der Waals surface area contributed by atoms with Crippen LogP contribution in [0.2, 0.25) is 10.0 Å². The summed E-state index contributed by atoms with van der Waals surface area (Å²) in [6, 6.07) is 5.59. The lowest BCUT2D eigenvalue weighted by Gasteiger charge is -2.15. The van der Waals surface area contributed by atoms with E-state index in [1.165, 1.54) is 18.4 Å². The van der Waals surface area contributed by atoms with Gasteiger partial charge in [-0.2, -0.15) is 0 Å². The molecule has 0 spiro atoms. The van der Waals surface area contributed by atoms with Crippen molar-refractivity contribution < 1.29 is 17.6 Å². The molecule has 1 aromatic heterocycles. The number of rotatable bonds is 8. The molecule has 1 aromatic carbocycles. The van der Waals surface area contributed by atoms with E-state index in [0.717, 1.165) is 6.42 Å². The maximum atomic E-state index is 12.6. The summed E-state index contributed by atoms with van der Waals surface area (Å²) in [5.74, 6) is 0.0347. The number of carbonyl (C=O) groups is 1. The van der Waals surface area contributed by atoms with Gasteiger partial charge < -0.3 is 9.73 Å². The zero-order valence-electron chi connectivity index (χ0n) is 14.4. The highest BCUT2D eigenvalue weighted by molar-refractivity contribution is 7.89. The average Bonchev–Trinajstić information content (AvgIpc) is 3.05. The molecule has 0 saturated carbocycles. The maximum absolute atomic E-state index is 12.6. The standard InChI is InChI=1S/C17H20Cl2N2O4S/c1-3-5-11(2)21-26(23,24)16-8-13(14(18)9-15(16)19)17(22)20-10-12-6-4-7-25-12/h4,6-9,11,21H,3,5,10H2,1-2H3,(H,20,22)/t11-/m1/s1. The van der Waals surface area contributed by atoms with Crippen molar-refractivity contribution in [2.24, 2.45) is 0 Å². The Hall–Kier alpha value is -1.54. The zero-order chi connectivity index (χ0) is 19.3. The third-order valence-corrected chi connectivity index (χ3v) is 6.00. The molecule has 9 heteroatoms. The number of hydrogen-bond donors (Lipinski definition) is 2. The van der Waals surface area contributed by atoms with Crippen LogP contribution in [0.4, 0.5) is 0 Å². The summed E-state index contributed by atoms with van der Waals surface area (Å²) in [6.07, 6.45) is 3.00. The van der Waals surface area contributed by atoms with Gasteiger partial charge in [-0.05, 0) is 37.6 Å². The summed E-state index contributed by atoms with van der Waals surface area (Å²) in [7, 11) is -3.88. The summed E-state index contributed by atoms with van der Waals surface area (Å²) in [6.45, 7) is 3.88. The lowest BCUT2D eigenvalue weighted by Crippen LogP contribution is -2.33. The molecule has 1 atom stereocenters. The van der Waals surface area contributed by atoms with E-state index >= 15 is 0 Å². The van der Waals surface area contributed by atoms with Gasteiger partial charge in [-0.1, -0.05) is 36.5 Å². The van der Waals surface area contributed by atoms with Gasteiger partial charge in [-0.15, -0.1) is 0 Å². The fraction of sp³-hybridized carbons (Fsp3) is 0.353. The van der Waals surface area contributed by atoms with E-state index in [0.29, 0.717) is 12.2 Å². The Morgan fingerprint density at radius 2 is 2.00 bits per heavy atom. The normalized spacial score (nSPS) is 12.8. The predicted octanol–water partition coefficient (Wildman–Crippen LogP) is 3.98. The van der Waals surface area contributed by atoms with Crippen LogP contribution in [0.15, 0.2) is 39.8 Å². The molecule has 2 aromatic rings. The Balaban J connectivity index is 2.26. The number of amides is 1. The number of furan rings is 1. The lowest BCUT2D eigenvalue weighted by molar-refractivity contribution is 0.0948. The molecule has 1 amide bonds. The number of carbonyl (C=O) groups excluding carboxylic acids is 1. The molecule has 6 nitrogen and oxygen atoms in total. The summed E-state index contributed by atoms with van der Waals surface area (Å²) in [4.78, 5) is 12.2. The van der Waals surface area contributed by atoms with Crippen LogP contribution in [0.25, 0.3) is 0 Å². The Bertz CT molecular complexity index is 867. The van der Waals surface area contributed by atoms with Crippen LogP contribution >= 0.6 is 23.2 Å². The molecule has 0 fully saturated rings. The lowest BCUT2D eigenvalue weighted by atomic mass is 10.2. The molecule has 0 bridgehead atoms. The average molecular weight is 419 g/mol. The Morgan fingerprint density at radius 1 is 1.27 bits per heavy atom. The maximum Gasteiger partial charge on any atom is 0.253 e. The van der Waals surface area contributed by atoms with Gasteiger partial charge in [-0.3, -0.25) is 4.79 Å². The highest BCUT2D eigenvalue weighted by atomic mass is 35.5. The van der Waals surface area contributed by atoms with E-state index in [4.69, 9.17) is 27.6 Å². The largest absolute Gasteiger partial charge is 0.467 e. The molecule has 1 heterocycles. The van der Waals surface area contributed by atoms with Gasteiger partial charge in [-0.25, -0.2) is 13.1 Å². The molecule has 2 rings (SSSR count). The monoisotopic (exact) mass is 418 g/mol. The van der Waals surface area contributed by atoms with E-state index in [-0.39, 0.29) is 33.1 Å². The first kappa shape index (κ1) is 20.8. The molecule has 0 aliphatic carbocycles. The quantitative estimate of drug-likeness (QED) is 0.678. The first-order chi connectivity index (χ1) is 12.2. The highest BCUT2D eigenvalue weighted by Gasteiger charge is 2.24. The van der Waals surface area contributed by atoms with Crippen LogP contribution in [0.1, 0.15) is 42.8 Å². The van der Waals surface area contributed by atoms with Crippen molar-refractivity contribution in [2.45, 2.75) is 44.2 Å². The molecule has 2 N–H and O–H groups in total. The Labute approximate surface area is 162 Å². The third-order valence-electron chi connectivity index (χ3n) is 3.64. The zero-order valence-corrected chi connectivity index (χ0v) is 16.7. The predicted molar refractivity (Wildman–Crippen MR) is 101 cm³/mol. The molecular formula is C17H20Cl2N2O4S. The molecule has 0 radical (unpaired) electrons. The number of benzene rings is 1. The second-order valence-electron chi connectivity index (χ2n) is 5.84. The van der Waals surface area contributed by atoms with Crippen molar-refractivity contribution in [3.63, 3.8) is 0 Å². The van der Waals surface area contributed by atoms with Crippen LogP contribution < -0.4 is 10.0 Å². The first-order valence-corrected chi connectivity index (χ1v) is 10.3. The molecule has 0 unspecified atom stereocenters. The molecule has 0 aliphatic heterocycles. The van der Waals surface area contributed by atoms with Gasteiger partial charge in [0.2, 0.25) is 10.0 Å². The van der Waals surface area contributed by atoms with Crippen molar-refractivity contribution in [1.29, 1.82) is 0 Å². The minimum atomic E-state index is -3.88. The minimum Gasteiger partial charge on any atom is -0.467 e. The fourth-order valence-electron chi connectivity index (χ4n) is 2.41. The van der Waals surface area contributed by atoms with Crippen molar-refractivity contribution in [2.75, 3.05) is 0 Å². The smallest absolute Gasteiger partial charge is 0.253 e. The van der Waals surface area contributed by atoms with Crippen LogP contribution in [-0.4, -0.2) is 20.4 Å². The summed E-state index contributed by atoms with van der Waals surface area (Å²) < 4.78 is 32.9. The molecule has 142 valence electrons. The summed E-state index contributed by atoms with van der Waals surface area (Å²) in [5.41, 5.74) is 0.0196. The number of sulfonamides is 1. The van der Waals surface area contributed by atoms with Crippen LogP contribution in [-0.2, 0) is 16.6 Å². The fourth-order valence-corrected chi connectivity index (χ4v) is 4.54. The van der Waals surface area contributed by atoms with E-state index in [1.54, 1.807) is 19.1 Å². The van der Waals surface area contributed by atoms with Gasteiger partial charge >= 0.3 is 0 Å². The summed E-state index contributed by atoms with van der Waals surface area (Å²) >= 11 is 12.1. The third kappa shape index (κ3) is 5.23. The molecule has 0 aliphatic rings. The second-order valence-corrected chi connectivity index (χ2v) is 8.33. The summed E-state index contributed by atoms with van der Waals surface area (Å²) in [5, 5.41) is 2.64. The minimum absolute atomic E-state index is 0.0196. The number of nitrogens with one attached hydrogen (secondary N) is 2. The van der Waals surface area contributed by atoms with Crippen LogP contribution in [0.5, 0.6) is 0 Å². The molecule has 0 saturated heterocycles. The first-order valence-electron chi connectivity index (χ1n) is 8.06. The van der Waals surface area contributed by atoms with Crippen molar-refractivity contribution in [3.05, 3.63) is 51.9 Å². The van der Waals surface area contributed by atoms with Gasteiger partial charge in [0.25, 0.3) is 5.91 Å². The van der Waals surface area contributed by atoms with Crippen LogP contribution in [0.3, 0.4) is 0 Å². The van der Waals surface area contributed by atoms with E-state index in [1.807, 2.05) is 6.92 Å². The van der Waals surface area contributed by atoms with Crippen LogP contribution in [0, 0.1) is 0 Å². The molecule has 26 heavy (non-hydrogen) atoms. The Morgan fingerprint density at radius 3 is 2.62 bits per heavy atom. The number of hydrogen-bond acceptors (Lipinski definition) is 4. The van der Waals surface area contributed by atoms with Gasteiger partial charge in [0.1, 0.15) is 10.7 Å². The molecular weight excluding hydrogens is 399 g/mol. The number of halogens is 2. The van der Waals surface area contributed by atoms with Gasteiger partial charge in [0.15, 0.2) is 0 Å². The second kappa shape index (κ2) is 8.90. The SMILES string of the molecule is CCC[C@@H](C)NS(=O)(=O)c1cc(C(=O)NCc2ccco2)c(Cl)cc1Cl.